The molecule has 0 unspecified atom stereocenters. The third-order valence-electron chi connectivity index (χ3n) is 2.75. The van der Waals surface area contributed by atoms with Crippen LogP contribution >= 0.6 is 11.8 Å². The lowest BCUT2D eigenvalue weighted by Gasteiger charge is -2.04. The Hall–Kier alpha value is -2.07. The van der Waals surface area contributed by atoms with Gasteiger partial charge in [0, 0.05) is 10.5 Å². The first kappa shape index (κ1) is 14.3. The lowest BCUT2D eigenvalue weighted by molar-refractivity contribution is 0.0600. The average Bonchev–Trinajstić information content (AvgIpc) is 2.47. The van der Waals surface area contributed by atoms with Gasteiger partial charge in [-0.2, -0.15) is 0 Å². The van der Waals surface area contributed by atoms with Crippen molar-refractivity contribution < 1.29 is 14.3 Å². The summed E-state index contributed by atoms with van der Waals surface area (Å²) >= 11 is 1.10. The van der Waals surface area contributed by atoms with Gasteiger partial charge in [0.2, 0.25) is 5.12 Å². The highest BCUT2D eigenvalue weighted by molar-refractivity contribution is 8.14. The Morgan fingerprint density at radius 3 is 2.35 bits per heavy atom. The standard InChI is InChI=1S/C16H14O3S/c1-11-6-8-12(9-7-11)16(18)20-14-5-3-4-13(10-14)15(17)19-2/h3-10H,1-2H3. The summed E-state index contributed by atoms with van der Waals surface area (Å²) in [5.41, 5.74) is 2.19. The Balaban J connectivity index is 2.15. The molecule has 0 spiro atoms. The number of benzene rings is 2. The van der Waals surface area contributed by atoms with Crippen LogP contribution in [-0.4, -0.2) is 18.2 Å². The van der Waals surface area contributed by atoms with Crippen molar-refractivity contribution in [2.75, 3.05) is 7.11 Å². The predicted octanol–water partition coefficient (Wildman–Crippen LogP) is 3.71. The van der Waals surface area contributed by atoms with E-state index in [4.69, 9.17) is 0 Å². The first-order chi connectivity index (χ1) is 9.60. The second kappa shape index (κ2) is 6.39. The Labute approximate surface area is 122 Å². The Kier molecular flexibility index (Phi) is 4.58. The maximum atomic E-state index is 12.1. The first-order valence-corrected chi connectivity index (χ1v) is 6.89. The zero-order valence-corrected chi connectivity index (χ0v) is 12.1. The topological polar surface area (TPSA) is 43.4 Å². The molecule has 102 valence electrons. The quantitative estimate of drug-likeness (QED) is 0.637. The van der Waals surface area contributed by atoms with Gasteiger partial charge < -0.3 is 4.74 Å². The van der Waals surface area contributed by atoms with Crippen LogP contribution in [0.1, 0.15) is 26.3 Å². The van der Waals surface area contributed by atoms with Crippen LogP contribution in [0.15, 0.2) is 53.4 Å². The van der Waals surface area contributed by atoms with E-state index in [-0.39, 0.29) is 5.12 Å². The van der Waals surface area contributed by atoms with E-state index in [0.29, 0.717) is 11.1 Å². The molecule has 0 aromatic heterocycles. The van der Waals surface area contributed by atoms with Crippen LogP contribution in [0.5, 0.6) is 0 Å². The van der Waals surface area contributed by atoms with E-state index in [9.17, 15) is 9.59 Å². The van der Waals surface area contributed by atoms with Gasteiger partial charge in [-0.1, -0.05) is 35.9 Å². The van der Waals surface area contributed by atoms with Crippen LogP contribution < -0.4 is 0 Å². The number of methoxy groups -OCH3 is 1. The minimum Gasteiger partial charge on any atom is -0.465 e. The first-order valence-electron chi connectivity index (χ1n) is 6.07. The Bertz CT molecular complexity index is 632. The molecule has 0 N–H and O–H groups in total. The van der Waals surface area contributed by atoms with Gasteiger partial charge in [0.25, 0.3) is 0 Å². The van der Waals surface area contributed by atoms with E-state index in [1.807, 2.05) is 19.1 Å². The highest BCUT2D eigenvalue weighted by Gasteiger charge is 2.10. The smallest absolute Gasteiger partial charge is 0.337 e. The van der Waals surface area contributed by atoms with E-state index in [2.05, 4.69) is 4.74 Å². The molecule has 0 aliphatic carbocycles. The summed E-state index contributed by atoms with van der Waals surface area (Å²) in [5, 5.41) is -0.0491. The molecular formula is C16H14O3S. The number of carbonyl (C=O) groups excluding carboxylic acids is 2. The molecule has 2 aromatic carbocycles. The second-order valence-electron chi connectivity index (χ2n) is 4.27. The zero-order valence-electron chi connectivity index (χ0n) is 11.3. The van der Waals surface area contributed by atoms with Crippen LogP contribution in [0.25, 0.3) is 0 Å². The highest BCUT2D eigenvalue weighted by Crippen LogP contribution is 2.24. The van der Waals surface area contributed by atoms with E-state index in [0.717, 1.165) is 22.2 Å². The van der Waals surface area contributed by atoms with Crippen LogP contribution in [0.4, 0.5) is 0 Å². The van der Waals surface area contributed by atoms with Crippen molar-refractivity contribution in [3.63, 3.8) is 0 Å². The van der Waals surface area contributed by atoms with Crippen LogP contribution in [0, 0.1) is 6.92 Å². The normalized spacial score (nSPS) is 10.1. The fourth-order valence-corrected chi connectivity index (χ4v) is 2.46. The molecule has 2 aromatic rings. The second-order valence-corrected chi connectivity index (χ2v) is 5.32. The average molecular weight is 286 g/mol. The van der Waals surface area contributed by atoms with Gasteiger partial charge in [0.05, 0.1) is 12.7 Å². The maximum Gasteiger partial charge on any atom is 0.337 e. The van der Waals surface area contributed by atoms with Gasteiger partial charge in [-0.15, -0.1) is 0 Å². The summed E-state index contributed by atoms with van der Waals surface area (Å²) in [6.07, 6.45) is 0. The number of hydrogen-bond acceptors (Lipinski definition) is 4. The summed E-state index contributed by atoms with van der Waals surface area (Å²) in [6.45, 7) is 1.97. The van der Waals surface area contributed by atoms with E-state index in [1.54, 1.807) is 36.4 Å². The minimum atomic E-state index is -0.407. The SMILES string of the molecule is COC(=O)c1cccc(SC(=O)c2ccc(C)cc2)c1. The number of carbonyl (C=O) groups is 2. The maximum absolute atomic E-state index is 12.1. The molecule has 0 atom stereocenters. The number of aryl methyl sites for hydroxylation is 1. The third-order valence-corrected chi connectivity index (χ3v) is 3.66. The molecule has 4 heteroatoms. The lowest BCUT2D eigenvalue weighted by atomic mass is 10.2. The van der Waals surface area contributed by atoms with Crippen molar-refractivity contribution in [2.24, 2.45) is 0 Å². The van der Waals surface area contributed by atoms with Crippen molar-refractivity contribution in [2.45, 2.75) is 11.8 Å². The summed E-state index contributed by atoms with van der Waals surface area (Å²) in [5.74, 6) is -0.407. The summed E-state index contributed by atoms with van der Waals surface area (Å²) in [7, 11) is 1.33. The number of ether oxygens (including phenoxy) is 1. The van der Waals surface area contributed by atoms with Crippen molar-refractivity contribution in [3.8, 4) is 0 Å². The van der Waals surface area contributed by atoms with Crippen molar-refractivity contribution in [1.29, 1.82) is 0 Å². The van der Waals surface area contributed by atoms with Crippen LogP contribution in [-0.2, 0) is 4.74 Å². The van der Waals surface area contributed by atoms with E-state index in [1.165, 1.54) is 7.11 Å². The number of esters is 1. The van der Waals surface area contributed by atoms with Gasteiger partial charge >= 0.3 is 5.97 Å². The lowest BCUT2D eigenvalue weighted by Crippen LogP contribution is -2.01. The van der Waals surface area contributed by atoms with Crippen molar-refractivity contribution in [3.05, 3.63) is 65.2 Å². The molecule has 0 heterocycles. The van der Waals surface area contributed by atoms with E-state index >= 15 is 0 Å². The zero-order chi connectivity index (χ0) is 14.5. The van der Waals surface area contributed by atoms with Crippen molar-refractivity contribution in [1.82, 2.24) is 0 Å². The van der Waals surface area contributed by atoms with Gasteiger partial charge in [-0.25, -0.2) is 4.79 Å². The predicted molar refractivity (Wildman–Crippen MR) is 79.1 cm³/mol. The summed E-state index contributed by atoms with van der Waals surface area (Å²) < 4.78 is 4.66. The number of thioether (sulfide) groups is 1. The highest BCUT2D eigenvalue weighted by atomic mass is 32.2. The molecule has 0 aliphatic heterocycles. The summed E-state index contributed by atoms with van der Waals surface area (Å²) in [6, 6.07) is 14.2. The molecule has 2 rings (SSSR count). The largest absolute Gasteiger partial charge is 0.465 e. The van der Waals surface area contributed by atoms with Gasteiger partial charge in [-0.05, 0) is 36.9 Å². The third kappa shape index (κ3) is 3.48. The molecular weight excluding hydrogens is 272 g/mol. The fraction of sp³-hybridized carbons (Fsp3) is 0.125. The molecule has 0 radical (unpaired) electrons. The molecule has 0 bridgehead atoms. The van der Waals surface area contributed by atoms with Gasteiger partial charge in [0.1, 0.15) is 0 Å². The molecule has 0 saturated heterocycles. The summed E-state index contributed by atoms with van der Waals surface area (Å²) in [4.78, 5) is 24.3. The molecule has 0 amide bonds. The van der Waals surface area contributed by atoms with Gasteiger partial charge in [0.15, 0.2) is 0 Å². The molecule has 0 saturated carbocycles. The number of hydrogen-bond donors (Lipinski definition) is 0. The Morgan fingerprint density at radius 2 is 1.70 bits per heavy atom. The van der Waals surface area contributed by atoms with E-state index < -0.39 is 5.97 Å². The monoisotopic (exact) mass is 286 g/mol. The minimum absolute atomic E-state index is 0.0491. The van der Waals surface area contributed by atoms with Crippen LogP contribution in [0.2, 0.25) is 0 Å². The van der Waals surface area contributed by atoms with Crippen LogP contribution in [0.3, 0.4) is 0 Å². The number of rotatable bonds is 3. The molecule has 0 aliphatic rings. The van der Waals surface area contributed by atoms with Gasteiger partial charge in [-0.3, -0.25) is 4.79 Å². The fourth-order valence-electron chi connectivity index (χ4n) is 1.66. The van der Waals surface area contributed by atoms with Crippen molar-refractivity contribution >= 4 is 22.8 Å². The Morgan fingerprint density at radius 1 is 1.00 bits per heavy atom. The molecule has 3 nitrogen and oxygen atoms in total. The molecule has 20 heavy (non-hydrogen) atoms. The molecule has 0 fully saturated rings.